The molecular weight excluding hydrogens is 358 g/mol. The molecule has 138 valence electrons. The molecular formula is C21H21N3O2S. The first kappa shape index (κ1) is 18.9. The van der Waals surface area contributed by atoms with Gasteiger partial charge in [0.05, 0.1) is 18.6 Å². The number of amidine groups is 1. The van der Waals surface area contributed by atoms with E-state index >= 15 is 0 Å². The minimum Gasteiger partial charge on any atom is -0.496 e. The second kappa shape index (κ2) is 9.19. The molecule has 1 aliphatic heterocycles. The van der Waals surface area contributed by atoms with E-state index in [-0.39, 0.29) is 11.2 Å². The summed E-state index contributed by atoms with van der Waals surface area (Å²) in [6.45, 7) is 4.16. The number of thioether (sulfide) groups is 1. The highest BCUT2D eigenvalue weighted by Gasteiger charge is 2.37. The minimum atomic E-state index is -0.201. The summed E-state index contributed by atoms with van der Waals surface area (Å²) in [5.74, 6) is 0.761. The number of ether oxygens (including phenoxy) is 1. The van der Waals surface area contributed by atoms with E-state index < -0.39 is 0 Å². The Morgan fingerprint density at radius 3 is 2.67 bits per heavy atom. The molecule has 1 saturated heterocycles. The Balaban J connectivity index is 1.78. The lowest BCUT2D eigenvalue weighted by Crippen LogP contribution is -2.32. The molecule has 1 aliphatic rings. The summed E-state index contributed by atoms with van der Waals surface area (Å²) in [7, 11) is 1.62. The van der Waals surface area contributed by atoms with Crippen molar-refractivity contribution in [3.8, 4) is 5.75 Å². The van der Waals surface area contributed by atoms with Gasteiger partial charge in [-0.25, -0.2) is 0 Å². The standard InChI is InChI=1S/C21H21N3O2S/c1-3-13-24-20(25)19(14-16-9-5-4-6-10-16)27-21(24)23-22-15-17-11-7-8-12-18(17)26-2/h3-12,15,19H,1,13-14H2,2H3/b22-15+,23-21+/t19-/m1/s1. The second-order valence-corrected chi connectivity index (χ2v) is 7.07. The number of rotatable bonds is 7. The normalized spacial score (nSPS) is 18.4. The quantitative estimate of drug-likeness (QED) is 0.418. The van der Waals surface area contributed by atoms with Crippen LogP contribution in [0.15, 0.2) is 77.5 Å². The van der Waals surface area contributed by atoms with Gasteiger partial charge in [0.15, 0.2) is 5.17 Å². The van der Waals surface area contributed by atoms with E-state index in [0.29, 0.717) is 18.1 Å². The van der Waals surface area contributed by atoms with E-state index in [0.717, 1.165) is 16.9 Å². The maximum absolute atomic E-state index is 12.7. The number of amides is 1. The Hall–Kier alpha value is -2.86. The van der Waals surface area contributed by atoms with E-state index in [9.17, 15) is 4.79 Å². The zero-order chi connectivity index (χ0) is 19.1. The first-order valence-electron chi connectivity index (χ1n) is 8.60. The Morgan fingerprint density at radius 1 is 1.19 bits per heavy atom. The lowest BCUT2D eigenvalue weighted by molar-refractivity contribution is -0.125. The van der Waals surface area contributed by atoms with Crippen LogP contribution in [-0.4, -0.2) is 41.1 Å². The molecule has 0 bridgehead atoms. The Kier molecular flexibility index (Phi) is 6.44. The van der Waals surface area contributed by atoms with Gasteiger partial charge >= 0.3 is 0 Å². The third-order valence-corrected chi connectivity index (χ3v) is 5.24. The summed E-state index contributed by atoms with van der Waals surface area (Å²) in [4.78, 5) is 14.4. The number of carbonyl (C=O) groups is 1. The van der Waals surface area contributed by atoms with E-state index in [1.54, 1.807) is 24.3 Å². The lowest BCUT2D eigenvalue weighted by atomic mass is 10.1. The first-order chi connectivity index (χ1) is 13.2. The molecule has 0 spiro atoms. The van der Waals surface area contributed by atoms with Gasteiger partial charge in [-0.2, -0.15) is 5.10 Å². The molecule has 2 aromatic rings. The Labute approximate surface area is 163 Å². The zero-order valence-electron chi connectivity index (χ0n) is 15.1. The molecule has 0 aromatic heterocycles. The summed E-state index contributed by atoms with van der Waals surface area (Å²) in [6, 6.07) is 17.6. The molecule has 0 radical (unpaired) electrons. The van der Waals surface area contributed by atoms with Crippen molar-refractivity contribution in [3.63, 3.8) is 0 Å². The van der Waals surface area contributed by atoms with Crippen LogP contribution in [0.25, 0.3) is 0 Å². The van der Waals surface area contributed by atoms with Crippen LogP contribution in [0.4, 0.5) is 0 Å². The van der Waals surface area contributed by atoms with Crippen LogP contribution in [0.5, 0.6) is 5.75 Å². The van der Waals surface area contributed by atoms with Gasteiger partial charge in [0.2, 0.25) is 5.91 Å². The molecule has 3 rings (SSSR count). The first-order valence-corrected chi connectivity index (χ1v) is 9.47. The smallest absolute Gasteiger partial charge is 0.242 e. The van der Waals surface area contributed by atoms with E-state index in [2.05, 4.69) is 16.8 Å². The van der Waals surface area contributed by atoms with Gasteiger partial charge in [0.1, 0.15) is 5.75 Å². The Morgan fingerprint density at radius 2 is 1.93 bits per heavy atom. The summed E-state index contributed by atoms with van der Waals surface area (Å²) >= 11 is 1.44. The van der Waals surface area contributed by atoms with Crippen molar-refractivity contribution in [1.29, 1.82) is 0 Å². The molecule has 0 unspecified atom stereocenters. The maximum atomic E-state index is 12.7. The van der Waals surface area contributed by atoms with Gasteiger partial charge in [-0.1, -0.05) is 60.3 Å². The van der Waals surface area contributed by atoms with Crippen LogP contribution < -0.4 is 4.74 Å². The predicted octanol–water partition coefficient (Wildman–Crippen LogP) is 3.76. The van der Waals surface area contributed by atoms with Crippen molar-refractivity contribution >= 4 is 29.1 Å². The van der Waals surface area contributed by atoms with Crippen LogP contribution in [0.1, 0.15) is 11.1 Å². The number of carbonyl (C=O) groups excluding carboxylic acids is 1. The summed E-state index contributed by atoms with van der Waals surface area (Å²) in [6.07, 6.45) is 3.99. The zero-order valence-corrected chi connectivity index (χ0v) is 15.9. The van der Waals surface area contributed by atoms with Crippen LogP contribution >= 0.6 is 11.8 Å². The average molecular weight is 379 g/mol. The number of nitrogens with zero attached hydrogens (tertiary/aromatic N) is 3. The third-order valence-electron chi connectivity index (χ3n) is 4.07. The highest BCUT2D eigenvalue weighted by atomic mass is 32.2. The third kappa shape index (κ3) is 4.65. The number of benzene rings is 2. The van der Waals surface area contributed by atoms with Gasteiger partial charge in [-0.05, 0) is 24.1 Å². The Bertz CT molecular complexity index is 865. The number of para-hydroxylation sites is 1. The van der Waals surface area contributed by atoms with Gasteiger partial charge in [-0.15, -0.1) is 11.7 Å². The minimum absolute atomic E-state index is 0.0370. The van der Waals surface area contributed by atoms with Crippen LogP contribution in [0, 0.1) is 0 Å². The molecule has 27 heavy (non-hydrogen) atoms. The average Bonchev–Trinajstić information content (AvgIpc) is 2.98. The fraction of sp³-hybridized carbons (Fsp3) is 0.190. The predicted molar refractivity (Wildman–Crippen MR) is 111 cm³/mol. The van der Waals surface area contributed by atoms with Crippen LogP contribution in [0.2, 0.25) is 0 Å². The van der Waals surface area contributed by atoms with Crippen molar-refractivity contribution in [1.82, 2.24) is 4.90 Å². The van der Waals surface area contributed by atoms with Gasteiger partial charge in [-0.3, -0.25) is 9.69 Å². The topological polar surface area (TPSA) is 54.3 Å². The number of hydrogen-bond acceptors (Lipinski definition) is 5. The molecule has 0 saturated carbocycles. The molecule has 2 aromatic carbocycles. The molecule has 1 amide bonds. The molecule has 1 fully saturated rings. The highest BCUT2D eigenvalue weighted by Crippen LogP contribution is 2.30. The molecule has 0 aliphatic carbocycles. The summed E-state index contributed by atoms with van der Waals surface area (Å²) < 4.78 is 5.31. The maximum Gasteiger partial charge on any atom is 0.242 e. The highest BCUT2D eigenvalue weighted by molar-refractivity contribution is 8.15. The van der Waals surface area contributed by atoms with Gasteiger partial charge in [0.25, 0.3) is 0 Å². The van der Waals surface area contributed by atoms with Crippen LogP contribution in [-0.2, 0) is 11.2 Å². The van der Waals surface area contributed by atoms with Gasteiger partial charge < -0.3 is 4.74 Å². The molecule has 1 heterocycles. The molecule has 0 N–H and O–H groups in total. The van der Waals surface area contributed by atoms with Crippen molar-refractivity contribution in [2.45, 2.75) is 11.7 Å². The molecule has 5 nitrogen and oxygen atoms in total. The number of methoxy groups -OCH3 is 1. The number of hydrogen-bond donors (Lipinski definition) is 0. The van der Waals surface area contributed by atoms with Crippen molar-refractivity contribution < 1.29 is 9.53 Å². The fourth-order valence-electron chi connectivity index (χ4n) is 2.75. The van der Waals surface area contributed by atoms with Crippen LogP contribution in [0.3, 0.4) is 0 Å². The van der Waals surface area contributed by atoms with Crippen molar-refractivity contribution in [2.75, 3.05) is 13.7 Å². The summed E-state index contributed by atoms with van der Waals surface area (Å²) in [5, 5.41) is 8.85. The van der Waals surface area contributed by atoms with Crippen molar-refractivity contribution in [2.24, 2.45) is 10.2 Å². The van der Waals surface area contributed by atoms with Crippen molar-refractivity contribution in [3.05, 3.63) is 78.4 Å². The molecule has 1 atom stereocenters. The SMILES string of the molecule is C=CCN1C(=O)[C@@H](Cc2ccccc2)S/C1=N/N=C/c1ccccc1OC. The van der Waals surface area contributed by atoms with E-state index in [1.165, 1.54) is 11.8 Å². The lowest BCUT2D eigenvalue weighted by Gasteiger charge is -2.12. The van der Waals surface area contributed by atoms with E-state index in [4.69, 9.17) is 4.74 Å². The molecule has 6 heteroatoms. The van der Waals surface area contributed by atoms with E-state index in [1.807, 2.05) is 54.6 Å². The largest absolute Gasteiger partial charge is 0.496 e. The summed E-state index contributed by atoms with van der Waals surface area (Å²) in [5.41, 5.74) is 1.95. The fourth-order valence-corrected chi connectivity index (χ4v) is 3.90. The van der Waals surface area contributed by atoms with Gasteiger partial charge in [0, 0.05) is 12.1 Å². The second-order valence-electron chi connectivity index (χ2n) is 5.90. The monoisotopic (exact) mass is 379 g/mol.